The molecule has 1 aliphatic rings. The number of ether oxygens (including phenoxy) is 1. The van der Waals surface area contributed by atoms with Gasteiger partial charge in [0.25, 0.3) is 5.91 Å². The number of nitrogens with one attached hydrogen (secondary N) is 3. The Morgan fingerprint density at radius 2 is 2.19 bits per heavy atom. The number of carbonyl (C=O) groups is 1. The molecule has 0 bridgehead atoms. The molecule has 0 aliphatic carbocycles. The van der Waals surface area contributed by atoms with Crippen LogP contribution >= 0.6 is 22.9 Å². The highest BCUT2D eigenvalue weighted by Crippen LogP contribution is 2.35. The van der Waals surface area contributed by atoms with Crippen molar-refractivity contribution in [2.75, 3.05) is 42.3 Å². The van der Waals surface area contributed by atoms with Crippen LogP contribution in [0, 0.1) is 0 Å². The van der Waals surface area contributed by atoms with Crippen molar-refractivity contribution in [1.29, 1.82) is 0 Å². The highest BCUT2D eigenvalue weighted by Gasteiger charge is 2.17. The molecule has 162 valence electrons. The summed E-state index contributed by atoms with van der Waals surface area (Å²) in [6.45, 7) is 4.70. The summed E-state index contributed by atoms with van der Waals surface area (Å²) in [5.41, 5.74) is 2.53. The largest absolute Gasteiger partial charge is 0.491 e. The molecule has 1 aromatic carbocycles. The van der Waals surface area contributed by atoms with Gasteiger partial charge in [-0.05, 0) is 43.0 Å². The van der Waals surface area contributed by atoms with Crippen molar-refractivity contribution in [3.8, 4) is 5.75 Å². The number of hydrogen-bond donors (Lipinski definition) is 3. The van der Waals surface area contributed by atoms with E-state index in [1.165, 1.54) is 17.5 Å². The summed E-state index contributed by atoms with van der Waals surface area (Å²) in [5, 5.41) is 11.2. The third-order valence-corrected chi connectivity index (χ3v) is 6.05. The van der Waals surface area contributed by atoms with Gasteiger partial charge in [0.2, 0.25) is 5.95 Å². The number of aromatic nitrogens is 2. The number of nitrogens with zero attached hydrogens (tertiary/aromatic N) is 3. The van der Waals surface area contributed by atoms with E-state index < -0.39 is 0 Å². The quantitative estimate of drug-likeness (QED) is 0.495. The molecule has 31 heavy (non-hydrogen) atoms. The van der Waals surface area contributed by atoms with Crippen LogP contribution < -0.4 is 25.6 Å². The predicted molar refractivity (Wildman–Crippen MR) is 126 cm³/mol. The smallest absolute Gasteiger partial charge is 0.263 e. The van der Waals surface area contributed by atoms with Gasteiger partial charge in [-0.1, -0.05) is 11.6 Å². The van der Waals surface area contributed by atoms with E-state index in [2.05, 4.69) is 37.7 Å². The zero-order valence-electron chi connectivity index (χ0n) is 17.2. The Morgan fingerprint density at radius 3 is 3.00 bits per heavy atom. The Bertz CT molecular complexity index is 1090. The summed E-state index contributed by atoms with van der Waals surface area (Å²) in [7, 11) is 1.59. The Kier molecular flexibility index (Phi) is 6.43. The molecule has 4 rings (SSSR count). The van der Waals surface area contributed by atoms with Crippen molar-refractivity contribution < 1.29 is 9.53 Å². The van der Waals surface area contributed by atoms with Gasteiger partial charge in [0.1, 0.15) is 15.6 Å². The first-order valence-corrected chi connectivity index (χ1v) is 11.2. The lowest BCUT2D eigenvalue weighted by Gasteiger charge is -2.22. The number of hydrogen-bond acceptors (Lipinski definition) is 8. The van der Waals surface area contributed by atoms with Crippen molar-refractivity contribution in [3.05, 3.63) is 45.7 Å². The van der Waals surface area contributed by atoms with Crippen LogP contribution in [0.15, 0.2) is 35.8 Å². The Labute approximate surface area is 189 Å². The van der Waals surface area contributed by atoms with Crippen LogP contribution in [0.3, 0.4) is 0 Å². The highest BCUT2D eigenvalue weighted by molar-refractivity contribution is 7.12. The Balaban J connectivity index is 1.58. The number of anilines is 5. The van der Waals surface area contributed by atoms with E-state index in [-0.39, 0.29) is 5.91 Å². The van der Waals surface area contributed by atoms with Gasteiger partial charge in [-0.2, -0.15) is 4.98 Å². The minimum absolute atomic E-state index is 0.172. The minimum Gasteiger partial charge on any atom is -0.491 e. The fraction of sp³-hybridized carbons (Fsp3) is 0.286. The molecule has 10 heteroatoms. The van der Waals surface area contributed by atoms with Gasteiger partial charge in [0.05, 0.1) is 24.2 Å². The maximum absolute atomic E-state index is 12.0. The van der Waals surface area contributed by atoms with E-state index in [0.717, 1.165) is 36.6 Å². The van der Waals surface area contributed by atoms with Gasteiger partial charge >= 0.3 is 0 Å². The SMILES string of the molecule is CCN1CCCOc2ccc(Nc3ncc(Cl)c(Nc4ccsc4C(=O)NC)n3)cc21. The van der Waals surface area contributed by atoms with Crippen molar-refractivity contribution >= 4 is 57.7 Å². The van der Waals surface area contributed by atoms with Crippen LogP contribution in [-0.2, 0) is 0 Å². The summed E-state index contributed by atoms with van der Waals surface area (Å²) >= 11 is 7.64. The zero-order chi connectivity index (χ0) is 21.8. The molecule has 0 saturated carbocycles. The fourth-order valence-corrected chi connectivity index (χ4v) is 4.25. The second-order valence-corrected chi connectivity index (χ2v) is 8.17. The molecule has 1 aliphatic heterocycles. The third kappa shape index (κ3) is 4.67. The first kappa shape index (κ1) is 21.2. The number of rotatable bonds is 6. The third-order valence-electron chi connectivity index (χ3n) is 4.86. The first-order chi connectivity index (χ1) is 15.1. The molecule has 3 heterocycles. The number of fused-ring (bicyclic) bond motifs is 1. The van der Waals surface area contributed by atoms with Crippen molar-refractivity contribution in [1.82, 2.24) is 15.3 Å². The van der Waals surface area contributed by atoms with E-state index in [9.17, 15) is 4.79 Å². The minimum atomic E-state index is -0.172. The topological polar surface area (TPSA) is 91.4 Å². The number of benzene rings is 1. The maximum atomic E-state index is 12.0. The van der Waals surface area contributed by atoms with Crippen LogP contribution in [0.2, 0.25) is 5.02 Å². The lowest BCUT2D eigenvalue weighted by molar-refractivity contribution is 0.0968. The number of halogens is 1. The van der Waals surface area contributed by atoms with Crippen LogP contribution in [0.25, 0.3) is 0 Å². The lowest BCUT2D eigenvalue weighted by Crippen LogP contribution is -2.23. The molecule has 3 N–H and O–H groups in total. The number of amides is 1. The molecule has 1 amide bonds. The van der Waals surface area contributed by atoms with Gasteiger partial charge in [0.15, 0.2) is 5.82 Å². The zero-order valence-corrected chi connectivity index (χ0v) is 18.8. The van der Waals surface area contributed by atoms with Gasteiger partial charge in [-0.15, -0.1) is 11.3 Å². The predicted octanol–water partition coefficient (Wildman–Crippen LogP) is 4.65. The van der Waals surface area contributed by atoms with E-state index in [1.807, 2.05) is 29.6 Å². The maximum Gasteiger partial charge on any atom is 0.263 e. The molecule has 0 spiro atoms. The number of carbonyl (C=O) groups excluding carboxylic acids is 1. The molecule has 3 aromatic rings. The summed E-state index contributed by atoms with van der Waals surface area (Å²) in [5.74, 6) is 1.51. The highest BCUT2D eigenvalue weighted by atomic mass is 35.5. The van der Waals surface area contributed by atoms with E-state index in [0.29, 0.717) is 34.0 Å². The second-order valence-electron chi connectivity index (χ2n) is 6.85. The molecule has 0 atom stereocenters. The standard InChI is InChI=1S/C21H23ClN6O2S/c1-3-28-8-4-9-30-17-6-5-13(11-16(17)28)25-21-24-12-14(22)19(27-21)26-15-7-10-31-18(15)20(29)23-2/h5-7,10-12H,3-4,8-9H2,1-2H3,(H,23,29)(H2,24,25,26,27). The second kappa shape index (κ2) is 9.40. The number of thiophene rings is 1. The van der Waals surface area contributed by atoms with E-state index in [1.54, 1.807) is 7.05 Å². The first-order valence-electron chi connectivity index (χ1n) is 9.97. The van der Waals surface area contributed by atoms with Crippen LogP contribution in [-0.4, -0.2) is 42.6 Å². The summed E-state index contributed by atoms with van der Waals surface area (Å²) in [6, 6.07) is 7.75. The summed E-state index contributed by atoms with van der Waals surface area (Å²) < 4.78 is 5.86. The lowest BCUT2D eigenvalue weighted by atomic mass is 10.2. The molecule has 0 unspecified atom stereocenters. The van der Waals surface area contributed by atoms with Gasteiger partial charge < -0.3 is 25.6 Å². The van der Waals surface area contributed by atoms with Gasteiger partial charge in [0, 0.05) is 25.8 Å². The average molecular weight is 459 g/mol. The molecule has 8 nitrogen and oxygen atoms in total. The Hall–Kier alpha value is -3.04. The molecular weight excluding hydrogens is 436 g/mol. The molecule has 0 saturated heterocycles. The average Bonchev–Trinajstić information content (AvgIpc) is 3.14. The van der Waals surface area contributed by atoms with E-state index in [4.69, 9.17) is 16.3 Å². The normalized spacial score (nSPS) is 13.1. The van der Waals surface area contributed by atoms with Gasteiger partial charge in [-0.3, -0.25) is 4.79 Å². The molecule has 0 fully saturated rings. The van der Waals surface area contributed by atoms with Crippen LogP contribution in [0.1, 0.15) is 23.0 Å². The monoisotopic (exact) mass is 458 g/mol. The van der Waals surface area contributed by atoms with E-state index >= 15 is 0 Å². The van der Waals surface area contributed by atoms with Crippen LogP contribution in [0.4, 0.5) is 28.8 Å². The van der Waals surface area contributed by atoms with Gasteiger partial charge in [-0.25, -0.2) is 4.98 Å². The molecular formula is C21H23ClN6O2S. The summed E-state index contributed by atoms with van der Waals surface area (Å²) in [6.07, 6.45) is 2.51. The Morgan fingerprint density at radius 1 is 1.32 bits per heavy atom. The van der Waals surface area contributed by atoms with Crippen LogP contribution in [0.5, 0.6) is 5.75 Å². The fourth-order valence-electron chi connectivity index (χ4n) is 3.32. The van der Waals surface area contributed by atoms with Crippen molar-refractivity contribution in [3.63, 3.8) is 0 Å². The molecule has 2 aromatic heterocycles. The van der Waals surface area contributed by atoms with Crippen molar-refractivity contribution in [2.24, 2.45) is 0 Å². The molecule has 0 radical (unpaired) electrons. The summed E-state index contributed by atoms with van der Waals surface area (Å²) in [4.78, 5) is 23.7. The van der Waals surface area contributed by atoms with Crippen molar-refractivity contribution in [2.45, 2.75) is 13.3 Å².